The van der Waals surface area contributed by atoms with Crippen molar-refractivity contribution in [2.45, 2.75) is 0 Å². The van der Waals surface area contributed by atoms with Crippen molar-refractivity contribution >= 4 is 33.7 Å². The van der Waals surface area contributed by atoms with Crippen molar-refractivity contribution in [2.75, 3.05) is 10.4 Å². The molecule has 0 aliphatic heterocycles. The molecule has 3 aromatic rings. The van der Waals surface area contributed by atoms with E-state index in [-0.39, 0.29) is 0 Å². The quantitative estimate of drug-likeness (QED) is 0.527. The fraction of sp³-hybridized carbons (Fsp3) is 0.0556. The lowest BCUT2D eigenvalue weighted by molar-refractivity contribution is -0.107. The number of hydrazine groups is 1. The van der Waals surface area contributed by atoms with E-state index < -0.39 is 0 Å². The van der Waals surface area contributed by atoms with Gasteiger partial charge in [0, 0.05) is 12.6 Å². The van der Waals surface area contributed by atoms with E-state index in [1.54, 1.807) is 35.1 Å². The van der Waals surface area contributed by atoms with E-state index in [0.717, 1.165) is 21.4 Å². The predicted molar refractivity (Wildman–Crippen MR) is 99.7 cm³/mol. The van der Waals surface area contributed by atoms with Crippen LogP contribution in [0.4, 0.5) is 11.4 Å². The summed E-state index contributed by atoms with van der Waals surface area (Å²) in [4.78, 5) is 11.5. The SMILES string of the molecule is Cn1ncc(Br)c1-c1cccc(NN(C=O)c2ccc(C#N)cc2)c1. The van der Waals surface area contributed by atoms with Crippen LogP contribution in [-0.4, -0.2) is 16.2 Å². The highest BCUT2D eigenvalue weighted by Crippen LogP contribution is 2.29. The zero-order chi connectivity index (χ0) is 17.8. The number of hydrogen-bond acceptors (Lipinski definition) is 4. The molecule has 0 saturated heterocycles. The molecule has 7 heteroatoms. The number of aromatic nitrogens is 2. The summed E-state index contributed by atoms with van der Waals surface area (Å²) in [5.41, 5.74) is 6.90. The van der Waals surface area contributed by atoms with Crippen molar-refractivity contribution < 1.29 is 4.79 Å². The summed E-state index contributed by atoms with van der Waals surface area (Å²) in [5, 5.41) is 14.4. The van der Waals surface area contributed by atoms with E-state index in [1.165, 1.54) is 5.01 Å². The molecule has 2 aromatic carbocycles. The average Bonchev–Trinajstić information content (AvgIpc) is 2.98. The molecule has 1 amide bonds. The molecule has 0 aliphatic rings. The van der Waals surface area contributed by atoms with E-state index in [1.807, 2.05) is 31.3 Å². The Balaban J connectivity index is 1.88. The van der Waals surface area contributed by atoms with Crippen molar-refractivity contribution in [1.29, 1.82) is 5.26 Å². The molecule has 0 spiro atoms. The van der Waals surface area contributed by atoms with E-state index >= 15 is 0 Å². The molecular formula is C18H14BrN5O. The van der Waals surface area contributed by atoms with Crippen LogP contribution in [0, 0.1) is 11.3 Å². The number of benzene rings is 2. The van der Waals surface area contributed by atoms with Crippen molar-refractivity contribution in [3.63, 3.8) is 0 Å². The van der Waals surface area contributed by atoms with Gasteiger partial charge in [-0.15, -0.1) is 0 Å². The molecule has 0 unspecified atom stereocenters. The van der Waals surface area contributed by atoms with Gasteiger partial charge in [-0.3, -0.25) is 14.9 Å². The molecule has 0 radical (unpaired) electrons. The molecule has 0 bridgehead atoms. The molecule has 25 heavy (non-hydrogen) atoms. The maximum Gasteiger partial charge on any atom is 0.232 e. The molecule has 3 rings (SSSR count). The first-order valence-electron chi connectivity index (χ1n) is 7.41. The molecule has 0 fully saturated rings. The Morgan fingerprint density at radius 2 is 2.04 bits per heavy atom. The Morgan fingerprint density at radius 3 is 2.64 bits per heavy atom. The van der Waals surface area contributed by atoms with E-state index in [4.69, 9.17) is 5.26 Å². The molecule has 124 valence electrons. The van der Waals surface area contributed by atoms with Crippen LogP contribution in [-0.2, 0) is 11.8 Å². The maximum absolute atomic E-state index is 11.5. The van der Waals surface area contributed by atoms with Crippen LogP contribution >= 0.6 is 15.9 Å². The topological polar surface area (TPSA) is 74.0 Å². The number of halogens is 1. The number of rotatable bonds is 5. The molecule has 1 heterocycles. The van der Waals surface area contributed by atoms with Gasteiger partial charge < -0.3 is 0 Å². The van der Waals surface area contributed by atoms with E-state index in [2.05, 4.69) is 32.5 Å². The average molecular weight is 396 g/mol. The molecule has 0 aliphatic carbocycles. The number of carbonyl (C=O) groups is 1. The van der Waals surface area contributed by atoms with Crippen molar-refractivity contribution in [3.05, 3.63) is 64.8 Å². The normalized spacial score (nSPS) is 10.1. The Labute approximate surface area is 153 Å². The second-order valence-corrected chi connectivity index (χ2v) is 6.15. The highest BCUT2D eigenvalue weighted by atomic mass is 79.9. The maximum atomic E-state index is 11.5. The minimum absolute atomic E-state index is 0.539. The summed E-state index contributed by atoms with van der Waals surface area (Å²) in [6.07, 6.45) is 2.43. The summed E-state index contributed by atoms with van der Waals surface area (Å²) in [7, 11) is 1.87. The van der Waals surface area contributed by atoms with Gasteiger partial charge in [-0.1, -0.05) is 12.1 Å². The van der Waals surface area contributed by atoms with Crippen LogP contribution in [0.25, 0.3) is 11.3 Å². The summed E-state index contributed by atoms with van der Waals surface area (Å²) in [5.74, 6) is 0. The molecule has 0 atom stereocenters. The Kier molecular flexibility index (Phi) is 4.82. The first-order valence-corrected chi connectivity index (χ1v) is 8.21. The van der Waals surface area contributed by atoms with Gasteiger partial charge in [-0.25, -0.2) is 5.01 Å². The second-order valence-electron chi connectivity index (χ2n) is 5.29. The summed E-state index contributed by atoms with van der Waals surface area (Å²) in [6.45, 7) is 0. The number of nitriles is 1. The van der Waals surface area contributed by atoms with Gasteiger partial charge in [0.15, 0.2) is 0 Å². The van der Waals surface area contributed by atoms with Crippen LogP contribution in [0.5, 0.6) is 0 Å². The fourth-order valence-electron chi connectivity index (χ4n) is 2.46. The first kappa shape index (κ1) is 16.7. The molecule has 1 N–H and O–H groups in total. The predicted octanol–water partition coefficient (Wildman–Crippen LogP) is 3.71. The van der Waals surface area contributed by atoms with Crippen molar-refractivity contribution in [3.8, 4) is 17.3 Å². The van der Waals surface area contributed by atoms with Crippen molar-refractivity contribution in [2.24, 2.45) is 7.05 Å². The molecule has 1 aromatic heterocycles. The molecule has 6 nitrogen and oxygen atoms in total. The Hall–Kier alpha value is -3.11. The lowest BCUT2D eigenvalue weighted by Crippen LogP contribution is -2.27. The number of nitrogens with zero attached hydrogens (tertiary/aromatic N) is 4. The number of aryl methyl sites for hydroxylation is 1. The smallest absolute Gasteiger partial charge is 0.232 e. The largest absolute Gasteiger partial charge is 0.292 e. The third-order valence-corrected chi connectivity index (χ3v) is 4.24. The standard InChI is InChI=1S/C18H14BrN5O/c1-23-18(17(19)11-21-23)14-3-2-4-15(9-14)22-24(12-25)16-7-5-13(10-20)6-8-16/h2-9,11-12,22H,1H3. The van der Waals surface area contributed by atoms with Gasteiger partial charge in [0.2, 0.25) is 6.41 Å². The van der Waals surface area contributed by atoms with Gasteiger partial charge in [-0.2, -0.15) is 10.4 Å². The zero-order valence-electron chi connectivity index (χ0n) is 13.3. The summed E-state index contributed by atoms with van der Waals surface area (Å²) in [6, 6.07) is 16.5. The lowest BCUT2D eigenvalue weighted by atomic mass is 10.1. The van der Waals surface area contributed by atoms with Gasteiger partial charge in [0.05, 0.1) is 39.4 Å². The highest BCUT2D eigenvalue weighted by Gasteiger charge is 2.11. The number of anilines is 2. The highest BCUT2D eigenvalue weighted by molar-refractivity contribution is 9.10. The van der Waals surface area contributed by atoms with Crippen LogP contribution in [0.1, 0.15) is 5.56 Å². The van der Waals surface area contributed by atoms with Crippen LogP contribution in [0.15, 0.2) is 59.2 Å². The zero-order valence-corrected chi connectivity index (χ0v) is 14.9. The third kappa shape index (κ3) is 3.54. The monoisotopic (exact) mass is 395 g/mol. The number of carbonyl (C=O) groups excluding carboxylic acids is 1. The Morgan fingerprint density at radius 1 is 1.28 bits per heavy atom. The van der Waals surface area contributed by atoms with Crippen molar-refractivity contribution in [1.82, 2.24) is 9.78 Å². The minimum Gasteiger partial charge on any atom is -0.292 e. The van der Waals surface area contributed by atoms with Gasteiger partial charge in [0.1, 0.15) is 0 Å². The summed E-state index contributed by atoms with van der Waals surface area (Å²) >= 11 is 3.50. The van der Waals surface area contributed by atoms with E-state index in [0.29, 0.717) is 17.7 Å². The van der Waals surface area contributed by atoms with Crippen LogP contribution < -0.4 is 10.4 Å². The molecular weight excluding hydrogens is 382 g/mol. The van der Waals surface area contributed by atoms with Gasteiger partial charge in [0.25, 0.3) is 0 Å². The number of amides is 1. The molecule has 0 saturated carbocycles. The van der Waals surface area contributed by atoms with Crippen LogP contribution in [0.3, 0.4) is 0 Å². The fourth-order valence-corrected chi connectivity index (χ4v) is 3.04. The van der Waals surface area contributed by atoms with Gasteiger partial charge in [-0.05, 0) is 52.3 Å². The lowest BCUT2D eigenvalue weighted by Gasteiger charge is -2.20. The van der Waals surface area contributed by atoms with E-state index in [9.17, 15) is 4.79 Å². The van der Waals surface area contributed by atoms with Gasteiger partial charge >= 0.3 is 0 Å². The third-order valence-electron chi connectivity index (χ3n) is 3.66. The van der Waals surface area contributed by atoms with Crippen LogP contribution in [0.2, 0.25) is 0 Å². The first-order chi connectivity index (χ1) is 12.1. The number of nitrogens with one attached hydrogen (secondary N) is 1. The number of hydrogen-bond donors (Lipinski definition) is 1. The minimum atomic E-state index is 0.539. The Bertz CT molecular complexity index is 923. The second kappa shape index (κ2) is 7.20. The summed E-state index contributed by atoms with van der Waals surface area (Å²) < 4.78 is 2.67.